The Balaban J connectivity index is 0.000000868. The highest BCUT2D eigenvalue weighted by atomic mass is 16.5. The van der Waals surface area contributed by atoms with E-state index in [0.717, 1.165) is 78.8 Å². The number of H-pyrrole nitrogens is 1. The van der Waals surface area contributed by atoms with Gasteiger partial charge in [-0.1, -0.05) is 12.1 Å². The predicted molar refractivity (Wildman–Crippen MR) is 164 cm³/mol. The number of hydrogen-bond donors (Lipinski definition) is 3. The maximum absolute atomic E-state index is 12.9. The van der Waals surface area contributed by atoms with Crippen molar-refractivity contribution in [2.24, 2.45) is 0 Å². The van der Waals surface area contributed by atoms with Crippen molar-refractivity contribution in [1.82, 2.24) is 25.1 Å². The fourth-order valence-corrected chi connectivity index (χ4v) is 6.12. The molecule has 1 atom stereocenters. The van der Waals surface area contributed by atoms with E-state index >= 15 is 0 Å². The van der Waals surface area contributed by atoms with Crippen LogP contribution in [0.1, 0.15) is 61.5 Å². The molecule has 2 amide bonds. The average Bonchev–Trinajstić information content (AvgIpc) is 3.78. The number of likely N-dealkylation sites (tertiary alicyclic amines) is 2. The summed E-state index contributed by atoms with van der Waals surface area (Å²) in [7, 11) is 0. The van der Waals surface area contributed by atoms with Gasteiger partial charge in [-0.2, -0.15) is 0 Å². The van der Waals surface area contributed by atoms with Gasteiger partial charge in [0.2, 0.25) is 5.91 Å². The van der Waals surface area contributed by atoms with Crippen LogP contribution in [0.3, 0.4) is 0 Å². The first-order chi connectivity index (χ1) is 20.9. The molecule has 0 saturated carbocycles. The third kappa shape index (κ3) is 8.01. The number of carbonyl (C=O) groups excluding carboxylic acids is 2. The molecule has 10 nitrogen and oxygen atoms in total. The zero-order chi connectivity index (χ0) is 30.2. The van der Waals surface area contributed by atoms with Crippen molar-refractivity contribution in [2.45, 2.75) is 57.9 Å². The third-order valence-electron chi connectivity index (χ3n) is 8.17. The highest BCUT2D eigenvalue weighted by Crippen LogP contribution is 2.29. The van der Waals surface area contributed by atoms with E-state index in [2.05, 4.69) is 25.1 Å². The summed E-state index contributed by atoms with van der Waals surface area (Å²) >= 11 is 0. The molecular formula is C33H41N5O5. The van der Waals surface area contributed by atoms with Crippen molar-refractivity contribution < 1.29 is 24.2 Å². The topological polar surface area (TPSA) is 128 Å². The monoisotopic (exact) mass is 587 g/mol. The van der Waals surface area contributed by atoms with Gasteiger partial charge >= 0.3 is 0 Å². The van der Waals surface area contributed by atoms with E-state index in [1.807, 2.05) is 42.5 Å². The molecule has 6 rings (SSSR count). The number of rotatable bonds is 9. The minimum atomic E-state index is -0.833. The Labute approximate surface area is 252 Å². The number of carboxylic acid groups (broad SMARTS) is 1. The second-order valence-electron chi connectivity index (χ2n) is 11.4. The number of aromatic amines is 1. The number of benzene rings is 1. The molecule has 0 aliphatic carbocycles. The molecule has 3 aliphatic rings. The Bertz CT molecular complexity index is 1430. The van der Waals surface area contributed by atoms with Crippen molar-refractivity contribution in [3.63, 3.8) is 0 Å². The van der Waals surface area contributed by atoms with Crippen LogP contribution in [0.15, 0.2) is 48.7 Å². The van der Waals surface area contributed by atoms with Crippen molar-refractivity contribution in [3.05, 3.63) is 59.9 Å². The van der Waals surface area contributed by atoms with Gasteiger partial charge in [-0.3, -0.25) is 19.4 Å². The van der Waals surface area contributed by atoms with E-state index in [-0.39, 0.29) is 11.8 Å². The molecular weight excluding hydrogens is 546 g/mol. The lowest BCUT2D eigenvalue weighted by Crippen LogP contribution is -2.42. The first kappa shape index (κ1) is 30.3. The summed E-state index contributed by atoms with van der Waals surface area (Å²) < 4.78 is 6.04. The summed E-state index contributed by atoms with van der Waals surface area (Å²) in [5.41, 5.74) is 5.39. The molecule has 1 aromatic carbocycles. The third-order valence-corrected chi connectivity index (χ3v) is 8.17. The molecule has 2 saturated heterocycles. The molecule has 5 heterocycles. The number of carboxylic acids is 1. The van der Waals surface area contributed by atoms with Gasteiger partial charge in [0.05, 0.1) is 17.9 Å². The molecule has 3 aliphatic heterocycles. The zero-order valence-electron chi connectivity index (χ0n) is 24.8. The van der Waals surface area contributed by atoms with Gasteiger partial charge in [-0.15, -0.1) is 0 Å². The van der Waals surface area contributed by atoms with Crippen molar-refractivity contribution in [1.29, 1.82) is 0 Å². The maximum Gasteiger partial charge on any atom is 0.300 e. The number of nitrogens with zero attached hydrogens (tertiary/aromatic N) is 3. The van der Waals surface area contributed by atoms with Crippen LogP contribution in [-0.2, 0) is 16.0 Å². The standard InChI is InChI=1S/C31H37N5O3.C2H4O2/c37-30(36-16-4-7-24(36)21-35-14-1-2-15-35)9-5-17-39-25-8-3-6-22(18-25)28-19-23(10-12-32-28)29-20-26-27(34-29)11-13-33-31(26)38;1-2(3)4/h3,6,8,10,12,18-20,24,34H,1-2,4-5,7,9,11,13-17,21H2,(H,33,38);1H3,(H,3,4)/t24-;/m0./s1. The molecule has 228 valence electrons. The van der Waals surface area contributed by atoms with Crippen molar-refractivity contribution >= 4 is 17.8 Å². The molecule has 0 bridgehead atoms. The molecule has 0 spiro atoms. The molecule has 2 aromatic heterocycles. The highest BCUT2D eigenvalue weighted by Gasteiger charge is 2.30. The lowest BCUT2D eigenvalue weighted by atomic mass is 10.1. The number of fused-ring (bicyclic) bond motifs is 1. The normalized spacial score (nSPS) is 18.0. The quantitative estimate of drug-likeness (QED) is 0.317. The van der Waals surface area contributed by atoms with E-state index in [1.54, 1.807) is 6.20 Å². The summed E-state index contributed by atoms with van der Waals surface area (Å²) in [6, 6.07) is 14.2. The average molecular weight is 588 g/mol. The molecule has 2 fully saturated rings. The minimum absolute atomic E-state index is 0.0260. The van der Waals surface area contributed by atoms with E-state index in [4.69, 9.17) is 14.6 Å². The molecule has 0 unspecified atom stereocenters. The Morgan fingerprint density at radius 1 is 1.07 bits per heavy atom. The van der Waals surface area contributed by atoms with Crippen LogP contribution in [0, 0.1) is 0 Å². The largest absolute Gasteiger partial charge is 0.494 e. The van der Waals surface area contributed by atoms with Crippen LogP contribution in [0.5, 0.6) is 5.75 Å². The Hall–Kier alpha value is -4.18. The van der Waals surface area contributed by atoms with Gasteiger partial charge in [-0.05, 0) is 75.5 Å². The number of aromatic nitrogens is 2. The van der Waals surface area contributed by atoms with E-state index in [1.165, 1.54) is 25.9 Å². The SMILES string of the molecule is CC(=O)O.O=C1NCCc2[nH]c(-c3ccnc(-c4cccc(OCCCC(=O)N5CCC[C@H]5CN5CCCC5)c4)c3)cc21. The van der Waals surface area contributed by atoms with Crippen molar-refractivity contribution in [2.75, 3.05) is 39.3 Å². The zero-order valence-corrected chi connectivity index (χ0v) is 24.8. The first-order valence-electron chi connectivity index (χ1n) is 15.3. The van der Waals surface area contributed by atoms with E-state index in [0.29, 0.717) is 32.0 Å². The lowest BCUT2D eigenvalue weighted by Gasteiger charge is -2.28. The number of amides is 2. The van der Waals surface area contributed by atoms with Crippen LogP contribution < -0.4 is 10.1 Å². The van der Waals surface area contributed by atoms with Crippen LogP contribution in [0.25, 0.3) is 22.5 Å². The van der Waals surface area contributed by atoms with Crippen LogP contribution in [0.4, 0.5) is 0 Å². The molecule has 0 radical (unpaired) electrons. The number of carbonyl (C=O) groups is 3. The number of hydrogen-bond acceptors (Lipinski definition) is 6. The summed E-state index contributed by atoms with van der Waals surface area (Å²) in [6.07, 6.45) is 8.64. The summed E-state index contributed by atoms with van der Waals surface area (Å²) in [5, 5.41) is 10.3. The number of pyridine rings is 1. The second kappa shape index (κ2) is 14.3. The van der Waals surface area contributed by atoms with Gasteiger partial charge in [0, 0.05) is 74.2 Å². The van der Waals surface area contributed by atoms with Gasteiger partial charge in [0.1, 0.15) is 5.75 Å². The van der Waals surface area contributed by atoms with Crippen LogP contribution in [-0.4, -0.2) is 88.0 Å². The fraction of sp³-hybridized carbons (Fsp3) is 0.455. The Kier molecular flexibility index (Phi) is 10.1. The van der Waals surface area contributed by atoms with Gasteiger partial charge < -0.3 is 29.9 Å². The number of nitrogens with one attached hydrogen (secondary N) is 2. The fourth-order valence-electron chi connectivity index (χ4n) is 6.12. The lowest BCUT2D eigenvalue weighted by molar-refractivity contribution is -0.134. The molecule has 3 aromatic rings. The Morgan fingerprint density at radius 2 is 1.88 bits per heavy atom. The molecule has 10 heteroatoms. The van der Waals surface area contributed by atoms with Gasteiger partial charge in [0.25, 0.3) is 11.9 Å². The van der Waals surface area contributed by atoms with Gasteiger partial charge in [-0.25, -0.2) is 0 Å². The summed E-state index contributed by atoms with van der Waals surface area (Å²) in [5.74, 6) is 0.174. The number of ether oxygens (including phenoxy) is 1. The predicted octanol–water partition coefficient (Wildman–Crippen LogP) is 4.37. The Morgan fingerprint density at radius 3 is 2.67 bits per heavy atom. The molecule has 43 heavy (non-hydrogen) atoms. The van der Waals surface area contributed by atoms with Crippen LogP contribution in [0.2, 0.25) is 0 Å². The maximum atomic E-state index is 12.9. The summed E-state index contributed by atoms with van der Waals surface area (Å²) in [6.45, 7) is 6.53. The van der Waals surface area contributed by atoms with Gasteiger partial charge in [0.15, 0.2) is 0 Å². The van der Waals surface area contributed by atoms with E-state index in [9.17, 15) is 9.59 Å². The smallest absolute Gasteiger partial charge is 0.300 e. The molecule has 3 N–H and O–H groups in total. The second-order valence-corrected chi connectivity index (χ2v) is 11.4. The first-order valence-corrected chi connectivity index (χ1v) is 15.3. The highest BCUT2D eigenvalue weighted by molar-refractivity contribution is 5.97. The van der Waals surface area contributed by atoms with Crippen LogP contribution >= 0.6 is 0 Å². The van der Waals surface area contributed by atoms with E-state index < -0.39 is 5.97 Å². The minimum Gasteiger partial charge on any atom is -0.494 e. The summed E-state index contributed by atoms with van der Waals surface area (Å²) in [4.78, 5) is 46.7. The van der Waals surface area contributed by atoms with Crippen molar-refractivity contribution in [3.8, 4) is 28.3 Å². The number of aliphatic carboxylic acids is 1.